The number of benzene rings is 2. The molecule has 5 nitrogen and oxygen atoms in total. The van der Waals surface area contributed by atoms with E-state index in [-0.39, 0.29) is 12.5 Å². The van der Waals surface area contributed by atoms with E-state index in [4.69, 9.17) is 23.2 Å². The first-order valence-corrected chi connectivity index (χ1v) is 7.42. The van der Waals surface area contributed by atoms with Crippen molar-refractivity contribution in [1.82, 2.24) is 10.7 Å². The predicted octanol–water partition coefficient (Wildman–Crippen LogP) is 2.87. The molecular formula is C16H13Cl2N3O2. The van der Waals surface area contributed by atoms with E-state index in [9.17, 15) is 9.59 Å². The van der Waals surface area contributed by atoms with Crippen LogP contribution in [0.15, 0.2) is 53.6 Å². The molecule has 0 heterocycles. The highest BCUT2D eigenvalue weighted by atomic mass is 35.5. The highest BCUT2D eigenvalue weighted by Crippen LogP contribution is 2.19. The summed E-state index contributed by atoms with van der Waals surface area (Å²) in [7, 11) is 0. The molecule has 0 radical (unpaired) electrons. The van der Waals surface area contributed by atoms with Crippen molar-refractivity contribution in [1.29, 1.82) is 0 Å². The lowest BCUT2D eigenvalue weighted by atomic mass is 10.2. The number of halogens is 2. The van der Waals surface area contributed by atoms with Crippen LogP contribution in [-0.4, -0.2) is 24.6 Å². The Labute approximate surface area is 143 Å². The van der Waals surface area contributed by atoms with Crippen molar-refractivity contribution in [3.63, 3.8) is 0 Å². The molecule has 0 bridgehead atoms. The molecule has 0 aliphatic carbocycles. The van der Waals surface area contributed by atoms with E-state index in [2.05, 4.69) is 15.8 Å². The maximum absolute atomic E-state index is 11.8. The van der Waals surface area contributed by atoms with Crippen molar-refractivity contribution >= 4 is 41.2 Å². The van der Waals surface area contributed by atoms with Gasteiger partial charge in [-0.1, -0.05) is 47.5 Å². The van der Waals surface area contributed by atoms with Gasteiger partial charge in [0.1, 0.15) is 0 Å². The SMILES string of the molecule is O=C(CNC(=O)c1ccccc1)NN=Cc1ccc(Cl)cc1Cl. The molecule has 0 spiro atoms. The minimum Gasteiger partial charge on any atom is -0.343 e. The molecule has 2 aromatic rings. The third-order valence-corrected chi connectivity index (χ3v) is 3.36. The van der Waals surface area contributed by atoms with Crippen LogP contribution in [0.4, 0.5) is 0 Å². The predicted molar refractivity (Wildman–Crippen MR) is 91.0 cm³/mol. The van der Waals surface area contributed by atoms with Crippen LogP contribution in [0.1, 0.15) is 15.9 Å². The second-order valence-corrected chi connectivity index (χ2v) is 5.35. The van der Waals surface area contributed by atoms with Crippen LogP contribution in [0.5, 0.6) is 0 Å². The van der Waals surface area contributed by atoms with Crippen LogP contribution in [-0.2, 0) is 4.79 Å². The van der Waals surface area contributed by atoms with Crippen molar-refractivity contribution in [3.8, 4) is 0 Å². The van der Waals surface area contributed by atoms with Gasteiger partial charge in [0.15, 0.2) is 0 Å². The molecule has 0 saturated carbocycles. The Kier molecular flexibility index (Phi) is 6.14. The first-order chi connectivity index (χ1) is 11.1. The number of carbonyl (C=O) groups is 2. The Morgan fingerprint density at radius 1 is 1.09 bits per heavy atom. The normalized spacial score (nSPS) is 10.5. The fraction of sp³-hybridized carbons (Fsp3) is 0.0625. The number of hydrogen-bond donors (Lipinski definition) is 2. The van der Waals surface area contributed by atoms with Crippen LogP contribution in [0.2, 0.25) is 10.0 Å². The second kappa shape index (κ2) is 8.31. The van der Waals surface area contributed by atoms with Crippen LogP contribution < -0.4 is 10.7 Å². The number of nitrogens with one attached hydrogen (secondary N) is 2. The molecule has 118 valence electrons. The van der Waals surface area contributed by atoms with Gasteiger partial charge in [0.25, 0.3) is 11.8 Å². The van der Waals surface area contributed by atoms with Gasteiger partial charge < -0.3 is 5.32 Å². The average molecular weight is 350 g/mol. The molecule has 0 saturated heterocycles. The van der Waals surface area contributed by atoms with Gasteiger partial charge in [-0.3, -0.25) is 9.59 Å². The van der Waals surface area contributed by atoms with E-state index >= 15 is 0 Å². The summed E-state index contributed by atoms with van der Waals surface area (Å²) in [4.78, 5) is 23.4. The van der Waals surface area contributed by atoms with E-state index in [0.717, 1.165) is 0 Å². The Balaban J connectivity index is 1.81. The molecule has 7 heteroatoms. The van der Waals surface area contributed by atoms with E-state index in [1.165, 1.54) is 6.21 Å². The minimum atomic E-state index is -0.449. The molecule has 0 aliphatic rings. The molecule has 0 atom stereocenters. The number of amides is 2. The summed E-state index contributed by atoms with van der Waals surface area (Å²) in [5.74, 6) is -0.777. The lowest BCUT2D eigenvalue weighted by Crippen LogP contribution is -2.34. The summed E-state index contributed by atoms with van der Waals surface area (Å²) >= 11 is 11.8. The van der Waals surface area contributed by atoms with Crippen molar-refractivity contribution < 1.29 is 9.59 Å². The Morgan fingerprint density at radius 2 is 1.83 bits per heavy atom. The lowest BCUT2D eigenvalue weighted by molar-refractivity contribution is -0.120. The number of nitrogens with zero attached hydrogens (tertiary/aromatic N) is 1. The second-order valence-electron chi connectivity index (χ2n) is 4.51. The quantitative estimate of drug-likeness (QED) is 0.643. The first kappa shape index (κ1) is 17.0. The monoisotopic (exact) mass is 349 g/mol. The van der Waals surface area contributed by atoms with Gasteiger partial charge in [-0.15, -0.1) is 0 Å². The third kappa shape index (κ3) is 5.39. The van der Waals surface area contributed by atoms with Crippen LogP contribution in [0, 0.1) is 0 Å². The first-order valence-electron chi connectivity index (χ1n) is 6.66. The average Bonchev–Trinajstić information content (AvgIpc) is 2.55. The molecule has 0 fully saturated rings. The highest BCUT2D eigenvalue weighted by molar-refractivity contribution is 6.36. The molecule has 0 aromatic heterocycles. The summed E-state index contributed by atoms with van der Waals surface area (Å²) in [5, 5.41) is 7.21. The summed E-state index contributed by atoms with van der Waals surface area (Å²) in [6.45, 7) is -0.181. The van der Waals surface area contributed by atoms with Gasteiger partial charge in [-0.05, 0) is 24.3 Å². The molecule has 2 aromatic carbocycles. The van der Waals surface area contributed by atoms with Crippen LogP contribution >= 0.6 is 23.2 Å². The maximum atomic E-state index is 11.8. The van der Waals surface area contributed by atoms with Gasteiger partial charge in [0, 0.05) is 16.1 Å². The summed E-state index contributed by atoms with van der Waals surface area (Å²) in [6.07, 6.45) is 1.40. The molecule has 0 unspecified atom stereocenters. The van der Waals surface area contributed by atoms with Gasteiger partial charge in [-0.2, -0.15) is 5.10 Å². The van der Waals surface area contributed by atoms with Crippen LogP contribution in [0.3, 0.4) is 0 Å². The number of carbonyl (C=O) groups excluding carboxylic acids is 2. The zero-order valence-electron chi connectivity index (χ0n) is 11.9. The highest BCUT2D eigenvalue weighted by Gasteiger charge is 2.06. The zero-order chi connectivity index (χ0) is 16.7. The molecule has 2 N–H and O–H groups in total. The zero-order valence-corrected chi connectivity index (χ0v) is 13.4. The molecule has 2 rings (SSSR count). The van der Waals surface area contributed by atoms with Crippen molar-refractivity contribution in [2.75, 3.05) is 6.54 Å². The lowest BCUT2D eigenvalue weighted by Gasteiger charge is -2.04. The van der Waals surface area contributed by atoms with Gasteiger partial charge in [0.05, 0.1) is 17.8 Å². The topological polar surface area (TPSA) is 70.6 Å². The van der Waals surface area contributed by atoms with Crippen LogP contribution in [0.25, 0.3) is 0 Å². The fourth-order valence-corrected chi connectivity index (χ4v) is 2.13. The standard InChI is InChI=1S/C16H13Cl2N3O2/c17-13-7-6-12(14(18)8-13)9-20-21-15(22)10-19-16(23)11-4-2-1-3-5-11/h1-9H,10H2,(H,19,23)(H,21,22). The van der Waals surface area contributed by atoms with Gasteiger partial charge >= 0.3 is 0 Å². The molecule has 23 heavy (non-hydrogen) atoms. The Hall–Kier alpha value is -2.37. The maximum Gasteiger partial charge on any atom is 0.259 e. The Morgan fingerprint density at radius 3 is 2.52 bits per heavy atom. The summed E-state index contributed by atoms with van der Waals surface area (Å²) in [5.41, 5.74) is 3.40. The van der Waals surface area contributed by atoms with Gasteiger partial charge in [-0.25, -0.2) is 5.43 Å². The summed E-state index contributed by atoms with van der Waals surface area (Å²) < 4.78 is 0. The summed E-state index contributed by atoms with van der Waals surface area (Å²) in [6, 6.07) is 13.5. The molecule has 2 amide bonds. The Bertz CT molecular complexity index is 733. The number of rotatable bonds is 5. The smallest absolute Gasteiger partial charge is 0.259 e. The third-order valence-electron chi connectivity index (χ3n) is 2.80. The van der Waals surface area contributed by atoms with E-state index in [0.29, 0.717) is 21.2 Å². The largest absolute Gasteiger partial charge is 0.343 e. The molecule has 0 aliphatic heterocycles. The van der Waals surface area contributed by atoms with Crippen molar-refractivity contribution in [2.24, 2.45) is 5.10 Å². The number of hydrogen-bond acceptors (Lipinski definition) is 3. The molecular weight excluding hydrogens is 337 g/mol. The van der Waals surface area contributed by atoms with Gasteiger partial charge in [0.2, 0.25) is 0 Å². The van der Waals surface area contributed by atoms with Crippen molar-refractivity contribution in [3.05, 3.63) is 69.7 Å². The fourth-order valence-electron chi connectivity index (χ4n) is 1.67. The van der Waals surface area contributed by atoms with Crippen molar-refractivity contribution in [2.45, 2.75) is 0 Å². The van der Waals surface area contributed by atoms with E-state index in [1.807, 2.05) is 0 Å². The van der Waals surface area contributed by atoms with E-state index in [1.54, 1.807) is 48.5 Å². The van der Waals surface area contributed by atoms with E-state index < -0.39 is 5.91 Å². The minimum absolute atomic E-state index is 0.181. The number of hydrazone groups is 1.